The molecule has 0 radical (unpaired) electrons. The third kappa shape index (κ3) is 2.69. The molecule has 132 valence electrons. The first-order valence-corrected chi connectivity index (χ1v) is 9.09. The zero-order chi connectivity index (χ0) is 17.6. The lowest BCUT2D eigenvalue weighted by Crippen LogP contribution is -2.60. The van der Waals surface area contributed by atoms with Gasteiger partial charge in [-0.2, -0.15) is 0 Å². The molecule has 1 aromatic rings. The summed E-state index contributed by atoms with van der Waals surface area (Å²) in [6.07, 6.45) is 3.10. The molecule has 3 amide bonds. The summed E-state index contributed by atoms with van der Waals surface area (Å²) in [6.45, 7) is 3.18. The van der Waals surface area contributed by atoms with Crippen LogP contribution in [0.2, 0.25) is 0 Å². The van der Waals surface area contributed by atoms with Crippen LogP contribution >= 0.6 is 0 Å². The highest BCUT2D eigenvalue weighted by Crippen LogP contribution is 2.32. The van der Waals surface area contributed by atoms with Gasteiger partial charge < -0.3 is 15.1 Å². The second kappa shape index (κ2) is 6.17. The van der Waals surface area contributed by atoms with Crippen LogP contribution < -0.4 is 5.32 Å². The number of carbonyl (C=O) groups is 3. The first kappa shape index (κ1) is 16.1. The Balaban J connectivity index is 1.44. The molecule has 1 N–H and O–H groups in total. The minimum Gasteiger partial charge on any atom is -0.347 e. The molecule has 0 unspecified atom stereocenters. The molecule has 25 heavy (non-hydrogen) atoms. The predicted octanol–water partition coefficient (Wildman–Crippen LogP) is 0.953. The van der Waals surface area contributed by atoms with Gasteiger partial charge >= 0.3 is 0 Å². The van der Waals surface area contributed by atoms with Crippen LogP contribution in [0.15, 0.2) is 24.3 Å². The Labute approximate surface area is 147 Å². The summed E-state index contributed by atoms with van der Waals surface area (Å²) in [5.74, 6) is -0.0507. The van der Waals surface area contributed by atoms with Gasteiger partial charge in [0.2, 0.25) is 11.8 Å². The van der Waals surface area contributed by atoms with Crippen LogP contribution in [0.1, 0.15) is 42.1 Å². The van der Waals surface area contributed by atoms with Gasteiger partial charge in [-0.05, 0) is 43.4 Å². The SMILES string of the molecule is CCc1ccc(C(=O)N[C@H]2C[C@H]3C(=O)N4CCC[C@H]4C(=O)N3C2)cc1. The molecule has 3 aliphatic heterocycles. The maximum atomic E-state index is 12.6. The van der Waals surface area contributed by atoms with E-state index in [-0.39, 0.29) is 29.8 Å². The van der Waals surface area contributed by atoms with E-state index in [4.69, 9.17) is 0 Å². The van der Waals surface area contributed by atoms with E-state index in [2.05, 4.69) is 12.2 Å². The number of amides is 3. The number of nitrogens with one attached hydrogen (secondary N) is 1. The minimum atomic E-state index is -0.408. The van der Waals surface area contributed by atoms with Crippen molar-refractivity contribution in [3.8, 4) is 0 Å². The van der Waals surface area contributed by atoms with E-state index in [0.29, 0.717) is 25.1 Å². The average Bonchev–Trinajstić information content (AvgIpc) is 3.27. The zero-order valence-electron chi connectivity index (χ0n) is 14.4. The third-order valence-corrected chi connectivity index (χ3v) is 5.65. The van der Waals surface area contributed by atoms with E-state index >= 15 is 0 Å². The van der Waals surface area contributed by atoms with Gasteiger partial charge in [0.25, 0.3) is 5.91 Å². The molecule has 0 aromatic heterocycles. The summed E-state index contributed by atoms with van der Waals surface area (Å²) in [6, 6.07) is 6.69. The zero-order valence-corrected chi connectivity index (χ0v) is 14.4. The average molecular weight is 341 g/mol. The van der Waals surface area contributed by atoms with Crippen LogP contribution in [-0.2, 0) is 16.0 Å². The molecule has 3 heterocycles. The fourth-order valence-electron chi connectivity index (χ4n) is 4.25. The molecule has 4 rings (SSSR count). The van der Waals surface area contributed by atoms with Gasteiger partial charge in [-0.3, -0.25) is 14.4 Å². The van der Waals surface area contributed by atoms with Crippen LogP contribution in [0, 0.1) is 0 Å². The highest BCUT2D eigenvalue weighted by Gasteiger charge is 2.51. The van der Waals surface area contributed by atoms with Crippen molar-refractivity contribution in [2.75, 3.05) is 13.1 Å². The number of piperazine rings is 1. The number of carbonyl (C=O) groups excluding carboxylic acids is 3. The van der Waals surface area contributed by atoms with Crippen molar-refractivity contribution >= 4 is 17.7 Å². The number of rotatable bonds is 3. The van der Waals surface area contributed by atoms with E-state index in [1.54, 1.807) is 9.80 Å². The van der Waals surface area contributed by atoms with Gasteiger partial charge in [0.15, 0.2) is 0 Å². The Kier molecular flexibility index (Phi) is 3.98. The van der Waals surface area contributed by atoms with Crippen LogP contribution in [0.4, 0.5) is 0 Å². The summed E-state index contributed by atoms with van der Waals surface area (Å²) in [5.41, 5.74) is 1.80. The lowest BCUT2D eigenvalue weighted by molar-refractivity contribution is -0.156. The second-order valence-electron chi connectivity index (χ2n) is 7.15. The van der Waals surface area contributed by atoms with Crippen LogP contribution in [-0.4, -0.2) is 58.7 Å². The largest absolute Gasteiger partial charge is 0.347 e. The molecule has 3 saturated heterocycles. The fraction of sp³-hybridized carbons (Fsp3) is 0.526. The Hall–Kier alpha value is -2.37. The first-order valence-electron chi connectivity index (χ1n) is 9.09. The monoisotopic (exact) mass is 341 g/mol. The number of hydrogen-bond donors (Lipinski definition) is 1. The predicted molar refractivity (Wildman–Crippen MR) is 91.9 cm³/mol. The number of hydrogen-bond acceptors (Lipinski definition) is 3. The summed E-state index contributed by atoms with van der Waals surface area (Å²) in [7, 11) is 0. The number of nitrogens with zero attached hydrogens (tertiary/aromatic N) is 2. The van der Waals surface area contributed by atoms with Gasteiger partial charge in [0.05, 0.1) is 0 Å². The Morgan fingerprint density at radius 1 is 1.12 bits per heavy atom. The van der Waals surface area contributed by atoms with Crippen molar-refractivity contribution in [3.05, 3.63) is 35.4 Å². The van der Waals surface area contributed by atoms with Gasteiger partial charge in [-0.1, -0.05) is 19.1 Å². The van der Waals surface area contributed by atoms with Gasteiger partial charge in [0.1, 0.15) is 12.1 Å². The maximum Gasteiger partial charge on any atom is 0.251 e. The topological polar surface area (TPSA) is 69.7 Å². The molecule has 1 aromatic carbocycles. The van der Waals surface area contributed by atoms with Crippen molar-refractivity contribution in [3.63, 3.8) is 0 Å². The maximum absolute atomic E-state index is 12.6. The van der Waals surface area contributed by atoms with Crippen LogP contribution in [0.5, 0.6) is 0 Å². The Morgan fingerprint density at radius 3 is 2.56 bits per heavy atom. The first-order chi connectivity index (χ1) is 12.1. The Bertz CT molecular complexity index is 685. The minimum absolute atomic E-state index is 0.0474. The van der Waals surface area contributed by atoms with E-state index in [1.165, 1.54) is 5.56 Å². The van der Waals surface area contributed by atoms with Gasteiger partial charge in [0, 0.05) is 24.7 Å². The van der Waals surface area contributed by atoms with E-state index in [9.17, 15) is 14.4 Å². The molecule has 0 bridgehead atoms. The number of fused-ring (bicyclic) bond motifs is 2. The van der Waals surface area contributed by atoms with E-state index in [1.807, 2.05) is 24.3 Å². The molecule has 0 aliphatic carbocycles. The Morgan fingerprint density at radius 2 is 1.84 bits per heavy atom. The van der Waals surface area contributed by atoms with Gasteiger partial charge in [-0.15, -0.1) is 0 Å². The molecule has 3 aliphatic rings. The normalized spacial score (nSPS) is 28.1. The smallest absolute Gasteiger partial charge is 0.251 e. The van der Waals surface area contributed by atoms with Crippen molar-refractivity contribution in [1.29, 1.82) is 0 Å². The van der Waals surface area contributed by atoms with Crippen molar-refractivity contribution in [2.24, 2.45) is 0 Å². The van der Waals surface area contributed by atoms with Crippen molar-refractivity contribution in [1.82, 2.24) is 15.1 Å². The standard InChI is InChI=1S/C19H23N3O3/c1-2-12-5-7-13(8-6-12)17(23)20-14-10-16-19(25)21-9-3-4-15(21)18(24)22(16)11-14/h5-8,14-16H,2-4,9-11H2,1H3,(H,20,23)/t14-,15-,16-/m0/s1. The summed E-state index contributed by atoms with van der Waals surface area (Å²) in [4.78, 5) is 41.1. The quantitative estimate of drug-likeness (QED) is 0.890. The summed E-state index contributed by atoms with van der Waals surface area (Å²) in [5, 5.41) is 2.99. The van der Waals surface area contributed by atoms with E-state index < -0.39 is 6.04 Å². The van der Waals surface area contributed by atoms with Crippen LogP contribution in [0.25, 0.3) is 0 Å². The molecule has 0 saturated carbocycles. The fourth-order valence-corrected chi connectivity index (χ4v) is 4.25. The highest BCUT2D eigenvalue weighted by molar-refractivity contribution is 5.98. The van der Waals surface area contributed by atoms with Crippen molar-refractivity contribution in [2.45, 2.75) is 50.7 Å². The number of benzene rings is 1. The summed E-state index contributed by atoms with van der Waals surface area (Å²) < 4.78 is 0. The number of aryl methyl sites for hydroxylation is 1. The summed E-state index contributed by atoms with van der Waals surface area (Å²) >= 11 is 0. The molecule has 6 nitrogen and oxygen atoms in total. The molecular formula is C19H23N3O3. The second-order valence-corrected chi connectivity index (χ2v) is 7.15. The van der Waals surface area contributed by atoms with Crippen molar-refractivity contribution < 1.29 is 14.4 Å². The van der Waals surface area contributed by atoms with Crippen LogP contribution in [0.3, 0.4) is 0 Å². The third-order valence-electron chi connectivity index (χ3n) is 5.65. The van der Waals surface area contributed by atoms with E-state index in [0.717, 1.165) is 19.3 Å². The van der Waals surface area contributed by atoms with Gasteiger partial charge in [-0.25, -0.2) is 0 Å². The molecule has 0 spiro atoms. The lowest BCUT2D eigenvalue weighted by Gasteiger charge is -2.38. The molecule has 3 fully saturated rings. The highest BCUT2D eigenvalue weighted by atomic mass is 16.2. The molecule has 3 atom stereocenters. The lowest BCUT2D eigenvalue weighted by atomic mass is 10.1. The molecule has 6 heteroatoms. The molecular weight excluding hydrogens is 318 g/mol.